The number of thiol groups is 1. The molecule has 0 saturated heterocycles. The van der Waals surface area contributed by atoms with Gasteiger partial charge in [-0.2, -0.15) is 12.6 Å². The largest absolute Gasteiger partial charge is 0.354 e. The molecule has 0 aliphatic carbocycles. The molecule has 0 bridgehead atoms. The van der Waals surface area contributed by atoms with Crippen LogP contribution in [0.5, 0.6) is 0 Å². The molecule has 0 aliphatic rings. The van der Waals surface area contributed by atoms with Crippen LogP contribution in [0, 0.1) is 19.7 Å². The van der Waals surface area contributed by atoms with E-state index in [1.165, 1.54) is 23.3 Å². The van der Waals surface area contributed by atoms with Crippen LogP contribution in [0.1, 0.15) is 68.4 Å². The fourth-order valence-corrected chi connectivity index (χ4v) is 4.30. The topological polar surface area (TPSA) is 49.3 Å². The highest BCUT2D eigenvalue weighted by Gasteiger charge is 2.20. The Labute approximate surface area is 253 Å². The van der Waals surface area contributed by atoms with Crippen molar-refractivity contribution in [1.82, 2.24) is 4.90 Å². The number of halogens is 1. The molecular formula is C35H49FN3OS+. The fourth-order valence-electron chi connectivity index (χ4n) is 4.09. The van der Waals surface area contributed by atoms with E-state index < -0.39 is 0 Å². The molecule has 6 heteroatoms. The Morgan fingerprint density at radius 1 is 1.00 bits per heavy atom. The van der Waals surface area contributed by atoms with Crippen LogP contribution in [0.25, 0.3) is 5.57 Å². The monoisotopic (exact) mass is 578 g/mol. The van der Waals surface area contributed by atoms with E-state index in [0.717, 1.165) is 46.8 Å². The van der Waals surface area contributed by atoms with E-state index in [4.69, 9.17) is 5.73 Å². The number of carbonyl (C=O) groups is 1. The number of allylic oxidation sites excluding steroid dienone is 2. The summed E-state index contributed by atoms with van der Waals surface area (Å²) in [5.41, 5.74) is 13.0. The standard InChI is InChI=1S/C20H32N3O.C8H9F.C7H8S/c1-7-22(6)13-19(23(8-2)14-21)20(16(5)24)18-11-9-10-17(12-18)15(3)4;1-6-3-7(2)5-8(9)4-6;8-6-7-4-2-1-3-5-7/h9-13,15H,7-8,14,21H2,1-6H3;3-5H,1-2H3;1-5,8H,6H2/q+1;;/b20-19-,22-13?;;. The van der Waals surface area contributed by atoms with Crippen LogP contribution in [-0.2, 0) is 10.5 Å². The van der Waals surface area contributed by atoms with E-state index in [9.17, 15) is 9.18 Å². The molecule has 0 aliphatic heterocycles. The van der Waals surface area contributed by atoms with Gasteiger partial charge in [0.15, 0.2) is 12.0 Å². The minimum atomic E-state index is -0.146. The highest BCUT2D eigenvalue weighted by atomic mass is 32.1. The Hall–Kier alpha value is -3.22. The molecule has 0 fully saturated rings. The van der Waals surface area contributed by atoms with E-state index in [1.54, 1.807) is 6.92 Å². The highest BCUT2D eigenvalue weighted by molar-refractivity contribution is 7.79. The van der Waals surface area contributed by atoms with Gasteiger partial charge in [-0.1, -0.05) is 74.5 Å². The predicted octanol–water partition coefficient (Wildman–Crippen LogP) is 7.64. The van der Waals surface area contributed by atoms with Crippen LogP contribution < -0.4 is 5.73 Å². The second-order valence-electron chi connectivity index (χ2n) is 10.3. The number of ketones is 1. The molecule has 222 valence electrons. The first-order valence-corrected chi connectivity index (χ1v) is 14.8. The van der Waals surface area contributed by atoms with E-state index >= 15 is 0 Å². The minimum absolute atomic E-state index is 0.0542. The number of nitrogens with two attached hydrogens (primary N) is 1. The summed E-state index contributed by atoms with van der Waals surface area (Å²) in [6.45, 7) is 15.8. The third kappa shape index (κ3) is 12.9. The third-order valence-corrected chi connectivity index (χ3v) is 6.81. The van der Waals surface area contributed by atoms with Gasteiger partial charge in [0.2, 0.25) is 0 Å². The zero-order valence-corrected chi connectivity index (χ0v) is 27.0. The smallest absolute Gasteiger partial charge is 0.187 e. The number of benzene rings is 3. The lowest BCUT2D eigenvalue weighted by Crippen LogP contribution is -2.33. The average molecular weight is 579 g/mol. The van der Waals surface area contributed by atoms with Gasteiger partial charge in [0, 0.05) is 12.3 Å². The number of aryl methyl sites for hydroxylation is 2. The molecule has 2 N–H and O–H groups in total. The van der Waals surface area contributed by atoms with E-state index in [-0.39, 0.29) is 11.6 Å². The Morgan fingerprint density at radius 3 is 2.02 bits per heavy atom. The Bertz CT molecular complexity index is 1230. The molecule has 3 aromatic carbocycles. The zero-order chi connectivity index (χ0) is 30.9. The molecule has 0 aromatic heterocycles. The van der Waals surface area contributed by atoms with Crippen LogP contribution >= 0.6 is 12.6 Å². The van der Waals surface area contributed by atoms with E-state index in [1.807, 2.05) is 68.4 Å². The SMILES string of the molecule is CCN(CN)/C(C=[N+](C)CC)=C(/C(C)=O)c1cccc(C(C)C)c1.Cc1cc(C)cc(F)c1.SCc1ccccc1. The van der Waals surface area contributed by atoms with Crippen LogP contribution in [0.15, 0.2) is 78.5 Å². The number of rotatable bonds is 9. The van der Waals surface area contributed by atoms with Gasteiger partial charge in [-0.25, -0.2) is 8.97 Å². The van der Waals surface area contributed by atoms with Crippen LogP contribution in [0.4, 0.5) is 4.39 Å². The maximum Gasteiger partial charge on any atom is 0.187 e. The van der Waals surface area contributed by atoms with Gasteiger partial charge in [0.1, 0.15) is 25.1 Å². The first kappa shape index (κ1) is 35.8. The number of hydrogen-bond acceptors (Lipinski definition) is 4. The maximum atomic E-state index is 12.5. The summed E-state index contributed by atoms with van der Waals surface area (Å²) in [6.07, 6.45) is 2.02. The summed E-state index contributed by atoms with van der Waals surface area (Å²) in [7, 11) is 2.01. The van der Waals surface area contributed by atoms with Gasteiger partial charge >= 0.3 is 0 Å². The molecule has 3 aromatic rings. The van der Waals surface area contributed by atoms with Crippen LogP contribution in [0.3, 0.4) is 0 Å². The molecule has 4 nitrogen and oxygen atoms in total. The van der Waals surface area contributed by atoms with Gasteiger partial charge in [0.25, 0.3) is 0 Å². The zero-order valence-electron chi connectivity index (χ0n) is 26.1. The summed E-state index contributed by atoms with van der Waals surface area (Å²) >= 11 is 4.11. The lowest BCUT2D eigenvalue weighted by atomic mass is 9.94. The van der Waals surface area contributed by atoms with E-state index in [0.29, 0.717) is 12.6 Å². The van der Waals surface area contributed by atoms with Crippen molar-refractivity contribution < 1.29 is 13.8 Å². The number of nitrogens with zero attached hydrogens (tertiary/aromatic N) is 2. The highest BCUT2D eigenvalue weighted by Crippen LogP contribution is 2.25. The number of Topliss-reactive ketones (excluding diaryl/α,β-unsaturated/α-hetero) is 1. The van der Waals surface area contributed by atoms with Gasteiger partial charge in [-0.05, 0) is 80.5 Å². The average Bonchev–Trinajstić information content (AvgIpc) is 2.94. The molecule has 0 unspecified atom stereocenters. The lowest BCUT2D eigenvalue weighted by molar-refractivity contribution is -0.488. The lowest BCUT2D eigenvalue weighted by Gasteiger charge is -2.23. The van der Waals surface area contributed by atoms with Gasteiger partial charge < -0.3 is 10.6 Å². The fraction of sp³-hybridized carbons (Fsp3) is 0.371. The summed E-state index contributed by atoms with van der Waals surface area (Å²) in [6, 6.07) is 23.4. The summed E-state index contributed by atoms with van der Waals surface area (Å²) in [4.78, 5) is 14.5. The van der Waals surface area contributed by atoms with E-state index in [2.05, 4.69) is 69.2 Å². The van der Waals surface area contributed by atoms with Crippen LogP contribution in [-0.4, -0.2) is 48.3 Å². The van der Waals surface area contributed by atoms with Crippen molar-refractivity contribution in [3.63, 3.8) is 0 Å². The second kappa shape index (κ2) is 19.0. The molecule has 0 saturated carbocycles. The first-order chi connectivity index (χ1) is 19.5. The predicted molar refractivity (Wildman–Crippen MR) is 177 cm³/mol. The van der Waals surface area contributed by atoms with Crippen molar-refractivity contribution >= 4 is 30.2 Å². The Morgan fingerprint density at radius 2 is 1.61 bits per heavy atom. The normalized spacial score (nSPS) is 11.6. The molecular weight excluding hydrogens is 529 g/mol. The van der Waals surface area contributed by atoms with Gasteiger partial charge in [-0.15, -0.1) is 0 Å². The first-order valence-electron chi connectivity index (χ1n) is 14.2. The Kier molecular flexibility index (Phi) is 16.6. The molecule has 0 radical (unpaired) electrons. The van der Waals surface area contributed by atoms with Crippen molar-refractivity contribution in [2.45, 2.75) is 60.1 Å². The number of hydrogen-bond donors (Lipinski definition) is 2. The Balaban J connectivity index is 0.000000397. The molecule has 0 heterocycles. The van der Waals surface area contributed by atoms with Crippen molar-refractivity contribution in [2.75, 3.05) is 26.8 Å². The van der Waals surface area contributed by atoms with Crippen molar-refractivity contribution in [1.29, 1.82) is 0 Å². The molecule has 0 amide bonds. The van der Waals surface area contributed by atoms with Gasteiger partial charge in [0.05, 0.1) is 12.2 Å². The summed E-state index contributed by atoms with van der Waals surface area (Å²) < 4.78 is 14.5. The molecule has 41 heavy (non-hydrogen) atoms. The maximum absolute atomic E-state index is 12.5. The minimum Gasteiger partial charge on any atom is -0.354 e. The summed E-state index contributed by atoms with van der Waals surface area (Å²) in [5, 5.41) is 0. The molecule has 0 spiro atoms. The van der Waals surface area contributed by atoms with Crippen LogP contribution in [0.2, 0.25) is 0 Å². The third-order valence-electron chi connectivity index (χ3n) is 6.45. The number of carbonyl (C=O) groups excluding carboxylic acids is 1. The van der Waals surface area contributed by atoms with Crippen molar-refractivity contribution in [3.05, 3.63) is 112 Å². The molecule has 3 rings (SSSR count). The summed E-state index contributed by atoms with van der Waals surface area (Å²) in [5.74, 6) is 1.16. The van der Waals surface area contributed by atoms with Crippen molar-refractivity contribution in [2.24, 2.45) is 5.73 Å². The van der Waals surface area contributed by atoms with Crippen molar-refractivity contribution in [3.8, 4) is 0 Å². The molecule has 0 atom stereocenters. The van der Waals surface area contributed by atoms with Gasteiger partial charge in [-0.3, -0.25) is 4.79 Å². The second-order valence-corrected chi connectivity index (χ2v) is 10.6. The quantitative estimate of drug-likeness (QED) is 0.0902.